The average molecular weight is 202 g/mol. The molecule has 0 aromatic rings. The number of hydrogen-bond acceptors (Lipinski definition) is 2. The van der Waals surface area contributed by atoms with E-state index in [-0.39, 0.29) is 5.25 Å². The molecule has 2 rings (SSSR count). The minimum atomic E-state index is -0.751. The third-order valence-corrected chi connectivity index (χ3v) is 4.63. The molecule has 2 fully saturated rings. The second-order valence-electron chi connectivity index (χ2n) is 4.35. The van der Waals surface area contributed by atoms with Crippen LogP contribution in [0.3, 0.4) is 0 Å². The molecule has 13 heavy (non-hydrogen) atoms. The summed E-state index contributed by atoms with van der Waals surface area (Å²) in [5.74, 6) is 1.50. The maximum absolute atomic E-state index is 11.8. The van der Waals surface area contributed by atoms with E-state index in [0.717, 1.165) is 38.0 Å². The minimum absolute atomic E-state index is 0.270. The molecule has 3 unspecified atom stereocenters. The molecule has 0 radical (unpaired) electrons. The van der Waals surface area contributed by atoms with Gasteiger partial charge in [-0.2, -0.15) is 0 Å². The summed E-state index contributed by atoms with van der Waals surface area (Å²) < 4.78 is 13.9. The number of nitrogens with zero attached hydrogens (tertiary/aromatic N) is 1. The van der Waals surface area contributed by atoms with Gasteiger partial charge in [0, 0.05) is 18.3 Å². The first-order valence-electron chi connectivity index (χ1n) is 5.05. The van der Waals surface area contributed by atoms with Crippen molar-refractivity contribution in [3.63, 3.8) is 0 Å². The molecule has 1 N–H and O–H groups in total. The van der Waals surface area contributed by atoms with Crippen LogP contribution in [0.1, 0.15) is 13.8 Å². The molecule has 0 amide bonds. The van der Waals surface area contributed by atoms with E-state index in [9.17, 15) is 4.21 Å². The zero-order chi connectivity index (χ0) is 9.42. The maximum Gasteiger partial charge on any atom is 0.0968 e. The van der Waals surface area contributed by atoms with Crippen LogP contribution in [0.15, 0.2) is 0 Å². The Hall–Kier alpha value is 0.0700. The number of nitrogens with one attached hydrogen (secondary N) is 1. The molecule has 0 bridgehead atoms. The van der Waals surface area contributed by atoms with Crippen LogP contribution in [0.25, 0.3) is 0 Å². The lowest BCUT2D eigenvalue weighted by atomic mass is 10.0. The van der Waals surface area contributed by atoms with Gasteiger partial charge >= 0.3 is 0 Å². The molecule has 0 aromatic heterocycles. The summed E-state index contributed by atoms with van der Waals surface area (Å²) in [7, 11) is -0.751. The van der Waals surface area contributed by atoms with E-state index in [4.69, 9.17) is 0 Å². The van der Waals surface area contributed by atoms with Crippen molar-refractivity contribution < 1.29 is 4.21 Å². The van der Waals surface area contributed by atoms with Crippen molar-refractivity contribution >= 4 is 11.0 Å². The van der Waals surface area contributed by atoms with Gasteiger partial charge in [-0.25, -0.2) is 8.51 Å². The third kappa shape index (κ3) is 1.80. The average Bonchev–Trinajstić information content (AvgIpc) is 2.59. The second-order valence-corrected chi connectivity index (χ2v) is 6.36. The molecule has 0 spiro atoms. The third-order valence-electron chi connectivity index (χ3n) is 3.01. The first-order chi connectivity index (χ1) is 6.18. The fourth-order valence-corrected chi connectivity index (χ4v) is 3.53. The van der Waals surface area contributed by atoms with Gasteiger partial charge < -0.3 is 5.32 Å². The zero-order valence-corrected chi connectivity index (χ0v) is 9.14. The Morgan fingerprint density at radius 1 is 1.31 bits per heavy atom. The van der Waals surface area contributed by atoms with E-state index >= 15 is 0 Å². The van der Waals surface area contributed by atoms with Gasteiger partial charge in [0.25, 0.3) is 0 Å². The normalized spacial score (nSPS) is 36.8. The molecule has 76 valence electrons. The maximum atomic E-state index is 11.8. The van der Waals surface area contributed by atoms with Gasteiger partial charge in [0.1, 0.15) is 0 Å². The van der Waals surface area contributed by atoms with E-state index in [1.165, 1.54) is 0 Å². The van der Waals surface area contributed by atoms with Crippen molar-refractivity contribution in [3.05, 3.63) is 0 Å². The highest BCUT2D eigenvalue weighted by Gasteiger charge is 2.38. The molecular formula is C9H18N2OS. The quantitative estimate of drug-likeness (QED) is 0.694. The van der Waals surface area contributed by atoms with E-state index in [1.807, 2.05) is 13.8 Å². The molecule has 2 heterocycles. The Morgan fingerprint density at radius 2 is 1.85 bits per heavy atom. The summed E-state index contributed by atoms with van der Waals surface area (Å²) in [6.45, 7) is 8.36. The van der Waals surface area contributed by atoms with Crippen LogP contribution in [0.2, 0.25) is 0 Å². The molecule has 0 saturated carbocycles. The van der Waals surface area contributed by atoms with Gasteiger partial charge in [0.05, 0.1) is 11.0 Å². The van der Waals surface area contributed by atoms with Crippen LogP contribution in [-0.4, -0.2) is 39.9 Å². The van der Waals surface area contributed by atoms with Crippen LogP contribution >= 0.6 is 0 Å². The highest BCUT2D eigenvalue weighted by atomic mass is 32.2. The first kappa shape index (κ1) is 9.62. The highest BCUT2D eigenvalue weighted by Crippen LogP contribution is 2.27. The van der Waals surface area contributed by atoms with Gasteiger partial charge in [-0.3, -0.25) is 0 Å². The van der Waals surface area contributed by atoms with Gasteiger partial charge in [-0.1, -0.05) is 0 Å². The highest BCUT2D eigenvalue weighted by molar-refractivity contribution is 7.83. The van der Waals surface area contributed by atoms with E-state index in [0.29, 0.717) is 0 Å². The van der Waals surface area contributed by atoms with Crippen molar-refractivity contribution in [1.82, 2.24) is 9.62 Å². The lowest BCUT2D eigenvalue weighted by molar-refractivity contribution is 0.485. The predicted molar refractivity (Wildman–Crippen MR) is 54.7 cm³/mol. The summed E-state index contributed by atoms with van der Waals surface area (Å²) in [5.41, 5.74) is 0. The van der Waals surface area contributed by atoms with Crippen LogP contribution in [0, 0.1) is 11.8 Å². The molecular weight excluding hydrogens is 184 g/mol. The van der Waals surface area contributed by atoms with E-state index in [1.54, 1.807) is 0 Å². The number of hydrogen-bond donors (Lipinski definition) is 1. The van der Waals surface area contributed by atoms with Crippen LogP contribution in [-0.2, 0) is 11.0 Å². The smallest absolute Gasteiger partial charge is 0.0968 e. The van der Waals surface area contributed by atoms with Crippen LogP contribution in [0.5, 0.6) is 0 Å². The number of rotatable bonds is 2. The van der Waals surface area contributed by atoms with Gasteiger partial charge in [0.2, 0.25) is 0 Å². The Labute approximate surface area is 82.5 Å². The molecule has 3 atom stereocenters. The molecule has 2 saturated heterocycles. The second kappa shape index (κ2) is 3.67. The summed E-state index contributed by atoms with van der Waals surface area (Å²) in [5, 5.41) is 3.66. The van der Waals surface area contributed by atoms with Crippen LogP contribution in [0.4, 0.5) is 0 Å². The van der Waals surface area contributed by atoms with E-state index < -0.39 is 11.0 Å². The van der Waals surface area contributed by atoms with Gasteiger partial charge in [-0.05, 0) is 38.8 Å². The Bertz CT molecular complexity index is 208. The Kier molecular flexibility index (Phi) is 2.72. The molecule has 4 heteroatoms. The standard InChI is InChI=1S/C9H18N2OS/c1-7(2)13(12)11-5-8-3-10-4-9(8)6-11/h7-10H,3-6H2,1-2H3. The van der Waals surface area contributed by atoms with Crippen LogP contribution < -0.4 is 5.32 Å². The lowest BCUT2D eigenvalue weighted by Gasteiger charge is -2.18. The Morgan fingerprint density at radius 3 is 2.31 bits per heavy atom. The largest absolute Gasteiger partial charge is 0.316 e. The molecule has 0 aromatic carbocycles. The minimum Gasteiger partial charge on any atom is -0.316 e. The fraction of sp³-hybridized carbons (Fsp3) is 1.00. The van der Waals surface area contributed by atoms with E-state index in [2.05, 4.69) is 9.62 Å². The summed E-state index contributed by atoms with van der Waals surface area (Å²) in [4.78, 5) is 0. The van der Waals surface area contributed by atoms with Crippen molar-refractivity contribution in [3.8, 4) is 0 Å². The number of fused-ring (bicyclic) bond motifs is 1. The van der Waals surface area contributed by atoms with Crippen molar-refractivity contribution in [2.24, 2.45) is 11.8 Å². The monoisotopic (exact) mass is 202 g/mol. The topological polar surface area (TPSA) is 32.3 Å². The van der Waals surface area contributed by atoms with Crippen molar-refractivity contribution in [2.75, 3.05) is 26.2 Å². The summed E-state index contributed by atoms with van der Waals surface area (Å²) in [6.07, 6.45) is 0. The molecule has 2 aliphatic rings. The molecule has 3 nitrogen and oxygen atoms in total. The fourth-order valence-electron chi connectivity index (χ4n) is 2.26. The van der Waals surface area contributed by atoms with Gasteiger partial charge in [-0.15, -0.1) is 0 Å². The molecule has 2 aliphatic heterocycles. The van der Waals surface area contributed by atoms with Crippen molar-refractivity contribution in [1.29, 1.82) is 0 Å². The zero-order valence-electron chi connectivity index (χ0n) is 8.32. The van der Waals surface area contributed by atoms with Crippen molar-refractivity contribution in [2.45, 2.75) is 19.1 Å². The summed E-state index contributed by atoms with van der Waals surface area (Å²) in [6, 6.07) is 0. The molecule has 0 aliphatic carbocycles. The Balaban J connectivity index is 1.95. The lowest BCUT2D eigenvalue weighted by Crippen LogP contribution is -2.31. The van der Waals surface area contributed by atoms with Gasteiger partial charge in [0.15, 0.2) is 0 Å². The SMILES string of the molecule is CC(C)S(=O)N1CC2CNCC2C1. The predicted octanol–water partition coefficient (Wildman–Crippen LogP) is 0.210. The summed E-state index contributed by atoms with van der Waals surface area (Å²) >= 11 is 0. The first-order valence-corrected chi connectivity index (χ1v) is 6.22.